The standard InChI is InChI=1S/C13H13BrIN3O3/c1-20-5-8-10(15)12(16)18-13(17-8)6-3-7(14)11(19)9(4-6)21-2/h3-4,19H,5H2,1-2H3,(H2,16,17,18). The highest BCUT2D eigenvalue weighted by Gasteiger charge is 2.15. The van der Waals surface area contributed by atoms with Gasteiger partial charge in [-0.1, -0.05) is 0 Å². The van der Waals surface area contributed by atoms with Crippen molar-refractivity contribution in [2.24, 2.45) is 0 Å². The van der Waals surface area contributed by atoms with E-state index in [-0.39, 0.29) is 5.75 Å². The van der Waals surface area contributed by atoms with Gasteiger partial charge in [0, 0.05) is 12.7 Å². The number of halogens is 2. The fourth-order valence-corrected chi connectivity index (χ4v) is 2.57. The number of nitrogen functional groups attached to an aromatic ring is 1. The predicted molar refractivity (Wildman–Crippen MR) is 91.2 cm³/mol. The minimum Gasteiger partial charge on any atom is -0.503 e. The molecule has 0 spiro atoms. The molecule has 0 unspecified atom stereocenters. The van der Waals surface area contributed by atoms with Gasteiger partial charge in [0.05, 0.1) is 27.5 Å². The van der Waals surface area contributed by atoms with Gasteiger partial charge in [0.25, 0.3) is 0 Å². The number of rotatable bonds is 4. The maximum Gasteiger partial charge on any atom is 0.172 e. The molecule has 0 radical (unpaired) electrons. The third kappa shape index (κ3) is 3.38. The molecule has 2 aromatic rings. The third-order valence-electron chi connectivity index (χ3n) is 2.73. The quantitative estimate of drug-likeness (QED) is 0.674. The fraction of sp³-hybridized carbons (Fsp3) is 0.231. The average Bonchev–Trinajstić information content (AvgIpc) is 2.46. The largest absolute Gasteiger partial charge is 0.503 e. The molecule has 21 heavy (non-hydrogen) atoms. The molecule has 6 nitrogen and oxygen atoms in total. The van der Waals surface area contributed by atoms with Gasteiger partial charge in [-0.2, -0.15) is 0 Å². The third-order valence-corrected chi connectivity index (χ3v) is 4.51. The molecule has 3 N–H and O–H groups in total. The number of ether oxygens (including phenoxy) is 2. The number of phenols is 1. The van der Waals surface area contributed by atoms with Crippen LogP contribution in [0.25, 0.3) is 11.4 Å². The Balaban J connectivity index is 2.59. The molecule has 0 bridgehead atoms. The van der Waals surface area contributed by atoms with E-state index >= 15 is 0 Å². The molecular formula is C13H13BrIN3O3. The van der Waals surface area contributed by atoms with Crippen LogP contribution in [0.5, 0.6) is 11.5 Å². The molecule has 0 atom stereocenters. The molecule has 8 heteroatoms. The van der Waals surface area contributed by atoms with Crippen LogP contribution in [0.2, 0.25) is 0 Å². The van der Waals surface area contributed by atoms with Crippen LogP contribution in [0.1, 0.15) is 5.69 Å². The summed E-state index contributed by atoms with van der Waals surface area (Å²) in [5.41, 5.74) is 7.31. The lowest BCUT2D eigenvalue weighted by Crippen LogP contribution is -2.06. The second kappa shape index (κ2) is 6.75. The highest BCUT2D eigenvalue weighted by Crippen LogP contribution is 2.38. The smallest absolute Gasteiger partial charge is 0.172 e. The molecule has 0 aliphatic rings. The van der Waals surface area contributed by atoms with Crippen LogP contribution in [0.15, 0.2) is 16.6 Å². The number of nitrogens with zero attached hydrogens (tertiary/aromatic N) is 2. The van der Waals surface area contributed by atoms with E-state index in [1.54, 1.807) is 19.2 Å². The summed E-state index contributed by atoms with van der Waals surface area (Å²) in [6.07, 6.45) is 0. The van der Waals surface area contributed by atoms with Crippen LogP contribution in [-0.4, -0.2) is 29.3 Å². The van der Waals surface area contributed by atoms with Crippen LogP contribution >= 0.6 is 38.5 Å². The van der Waals surface area contributed by atoms with E-state index < -0.39 is 0 Å². The van der Waals surface area contributed by atoms with Crippen molar-refractivity contribution in [1.82, 2.24) is 9.97 Å². The number of hydrogen-bond donors (Lipinski definition) is 2. The van der Waals surface area contributed by atoms with Gasteiger partial charge in [0.15, 0.2) is 17.3 Å². The molecule has 0 aliphatic carbocycles. The van der Waals surface area contributed by atoms with E-state index in [1.807, 2.05) is 0 Å². The van der Waals surface area contributed by atoms with Crippen LogP contribution < -0.4 is 10.5 Å². The zero-order valence-corrected chi connectivity index (χ0v) is 15.1. The first-order chi connectivity index (χ1) is 9.97. The van der Waals surface area contributed by atoms with Gasteiger partial charge in [0.2, 0.25) is 0 Å². The average molecular weight is 466 g/mol. The monoisotopic (exact) mass is 465 g/mol. The summed E-state index contributed by atoms with van der Waals surface area (Å²) in [6, 6.07) is 3.36. The number of benzene rings is 1. The van der Waals surface area contributed by atoms with Crippen molar-refractivity contribution < 1.29 is 14.6 Å². The Hall–Kier alpha value is -1.13. The lowest BCUT2D eigenvalue weighted by Gasteiger charge is -2.11. The van der Waals surface area contributed by atoms with E-state index in [1.165, 1.54) is 7.11 Å². The molecule has 0 aliphatic heterocycles. The van der Waals surface area contributed by atoms with E-state index in [9.17, 15) is 5.11 Å². The topological polar surface area (TPSA) is 90.5 Å². The zero-order chi connectivity index (χ0) is 15.6. The van der Waals surface area contributed by atoms with Crippen molar-refractivity contribution in [1.29, 1.82) is 0 Å². The molecule has 1 aromatic carbocycles. The van der Waals surface area contributed by atoms with Gasteiger partial charge in [-0.25, -0.2) is 9.97 Å². The first-order valence-corrected chi connectivity index (χ1v) is 7.72. The summed E-state index contributed by atoms with van der Waals surface area (Å²) >= 11 is 5.36. The molecular weight excluding hydrogens is 453 g/mol. The van der Waals surface area contributed by atoms with Crippen molar-refractivity contribution >= 4 is 44.3 Å². The summed E-state index contributed by atoms with van der Waals surface area (Å²) < 4.78 is 11.5. The summed E-state index contributed by atoms with van der Waals surface area (Å²) in [4.78, 5) is 8.74. The molecule has 0 saturated heterocycles. The van der Waals surface area contributed by atoms with E-state index in [0.29, 0.717) is 39.7 Å². The van der Waals surface area contributed by atoms with Crippen molar-refractivity contribution in [2.75, 3.05) is 20.0 Å². The number of methoxy groups -OCH3 is 2. The minimum absolute atomic E-state index is 0.0249. The van der Waals surface area contributed by atoms with E-state index in [0.717, 1.165) is 3.57 Å². The first-order valence-electron chi connectivity index (χ1n) is 5.85. The molecule has 112 valence electrons. The highest BCUT2D eigenvalue weighted by atomic mass is 127. The maximum atomic E-state index is 9.85. The molecule has 0 amide bonds. The normalized spacial score (nSPS) is 10.7. The Labute approximate surface area is 144 Å². The number of aromatic nitrogens is 2. The summed E-state index contributed by atoms with van der Waals surface area (Å²) in [7, 11) is 3.07. The van der Waals surface area contributed by atoms with Crippen LogP contribution in [0.3, 0.4) is 0 Å². The van der Waals surface area contributed by atoms with Gasteiger partial charge < -0.3 is 20.3 Å². The van der Waals surface area contributed by atoms with Crippen LogP contribution in [0.4, 0.5) is 5.82 Å². The Kier molecular flexibility index (Phi) is 5.22. The van der Waals surface area contributed by atoms with Gasteiger partial charge >= 0.3 is 0 Å². The second-order valence-electron chi connectivity index (χ2n) is 4.14. The Morgan fingerprint density at radius 2 is 2.05 bits per heavy atom. The first kappa shape index (κ1) is 16.2. The van der Waals surface area contributed by atoms with Crippen molar-refractivity contribution in [2.45, 2.75) is 6.61 Å². The van der Waals surface area contributed by atoms with Gasteiger partial charge in [-0.3, -0.25) is 0 Å². The summed E-state index contributed by atoms with van der Waals surface area (Å²) in [5.74, 6) is 1.18. The molecule has 1 heterocycles. The van der Waals surface area contributed by atoms with E-state index in [4.69, 9.17) is 15.2 Å². The SMILES string of the molecule is COCc1nc(-c2cc(Br)c(O)c(OC)c2)nc(N)c1I. The number of phenolic OH excluding ortho intramolecular Hbond substituents is 1. The van der Waals surface area contributed by atoms with Gasteiger partial charge in [-0.15, -0.1) is 0 Å². The fourth-order valence-electron chi connectivity index (χ4n) is 1.73. The summed E-state index contributed by atoms with van der Waals surface area (Å²) in [5, 5.41) is 9.85. The number of nitrogens with two attached hydrogens (primary N) is 1. The van der Waals surface area contributed by atoms with Crippen LogP contribution in [0, 0.1) is 3.57 Å². The minimum atomic E-state index is 0.0249. The van der Waals surface area contributed by atoms with E-state index in [2.05, 4.69) is 48.5 Å². The lowest BCUT2D eigenvalue weighted by atomic mass is 10.2. The lowest BCUT2D eigenvalue weighted by molar-refractivity contribution is 0.181. The molecule has 0 saturated carbocycles. The van der Waals surface area contributed by atoms with Crippen LogP contribution in [-0.2, 0) is 11.3 Å². The Morgan fingerprint density at radius 1 is 1.33 bits per heavy atom. The Morgan fingerprint density at radius 3 is 2.67 bits per heavy atom. The predicted octanol–water partition coefficient (Wildman–Crippen LogP) is 2.95. The van der Waals surface area contributed by atoms with Crippen molar-refractivity contribution in [3.63, 3.8) is 0 Å². The maximum absolute atomic E-state index is 9.85. The molecule has 0 fully saturated rings. The number of hydrogen-bond acceptors (Lipinski definition) is 6. The van der Waals surface area contributed by atoms with Gasteiger partial charge in [0.1, 0.15) is 5.82 Å². The summed E-state index contributed by atoms with van der Waals surface area (Å²) in [6.45, 7) is 0.342. The molecule has 1 aromatic heterocycles. The zero-order valence-electron chi connectivity index (χ0n) is 11.4. The molecule has 2 rings (SSSR count). The van der Waals surface area contributed by atoms with Gasteiger partial charge in [-0.05, 0) is 50.7 Å². The number of aromatic hydroxyl groups is 1. The Bertz CT molecular complexity index is 682. The second-order valence-corrected chi connectivity index (χ2v) is 6.07. The van der Waals surface area contributed by atoms with Crippen molar-refractivity contribution in [3.05, 3.63) is 25.9 Å². The van der Waals surface area contributed by atoms with Crippen molar-refractivity contribution in [3.8, 4) is 22.9 Å². The number of anilines is 1. The highest BCUT2D eigenvalue weighted by molar-refractivity contribution is 14.1.